The van der Waals surface area contributed by atoms with Gasteiger partial charge in [-0.25, -0.2) is 17.8 Å². The van der Waals surface area contributed by atoms with E-state index in [1.54, 1.807) is 36.0 Å². The highest BCUT2D eigenvalue weighted by Crippen LogP contribution is 2.40. The van der Waals surface area contributed by atoms with Crippen molar-refractivity contribution in [3.63, 3.8) is 0 Å². The standard InChI is InChI=1S/C21H23N7O7S3/c1-3-35-25-13(16-24-21(22)37-26-16)17(29)23-14-18(30)28-15(20(31)32)12(9-36-19(14)28)8-27-6-4-5-11(7-27)10-38(2,33)34/h4-7,14,19H,3,8-10H2,1-2H3,(H3-,22,23,24,26,29,31,32)/p+1/t14?,19-/m0/s1. The zero-order valence-electron chi connectivity index (χ0n) is 20.2. The number of hydrogen-bond acceptors (Lipinski definition) is 12. The molecule has 4 heterocycles. The lowest BCUT2D eigenvalue weighted by Crippen LogP contribution is -2.71. The molecule has 2 aromatic rings. The van der Waals surface area contributed by atoms with Gasteiger partial charge in [-0.1, -0.05) is 5.16 Å². The molecule has 4 N–H and O–H groups in total. The van der Waals surface area contributed by atoms with Crippen molar-refractivity contribution in [1.29, 1.82) is 0 Å². The second-order valence-corrected chi connectivity index (χ2v) is 12.4. The minimum Gasteiger partial charge on any atom is -0.477 e. The molecule has 17 heteroatoms. The largest absolute Gasteiger partial charge is 0.477 e. The average molecular weight is 583 g/mol. The first kappa shape index (κ1) is 27.5. The monoisotopic (exact) mass is 582 g/mol. The summed E-state index contributed by atoms with van der Waals surface area (Å²) in [4.78, 5) is 48.2. The molecule has 0 aromatic carbocycles. The van der Waals surface area contributed by atoms with E-state index in [9.17, 15) is 27.9 Å². The van der Waals surface area contributed by atoms with Crippen molar-refractivity contribution in [3.05, 3.63) is 47.2 Å². The third-order valence-electron chi connectivity index (χ3n) is 5.41. The number of amides is 2. The highest BCUT2D eigenvalue weighted by molar-refractivity contribution is 8.00. The summed E-state index contributed by atoms with van der Waals surface area (Å²) < 4.78 is 28.9. The van der Waals surface area contributed by atoms with Gasteiger partial charge in [0.15, 0.2) is 33.9 Å². The molecule has 2 amide bonds. The maximum absolute atomic E-state index is 13.0. The first-order valence-electron chi connectivity index (χ1n) is 11.1. The second kappa shape index (κ2) is 11.0. The first-order chi connectivity index (χ1) is 18.0. The normalized spacial score (nSPS) is 19.6. The molecule has 38 heavy (non-hydrogen) atoms. The average Bonchev–Trinajstić information content (AvgIpc) is 3.27. The molecule has 202 valence electrons. The fraction of sp³-hybridized carbons (Fsp3) is 0.381. The number of fused-ring (bicyclic) bond motifs is 1. The Morgan fingerprint density at radius 2 is 2.18 bits per heavy atom. The van der Waals surface area contributed by atoms with Crippen LogP contribution >= 0.6 is 23.3 Å². The third kappa shape index (κ3) is 5.94. The summed E-state index contributed by atoms with van der Waals surface area (Å²) in [5.41, 5.74) is 6.21. The minimum atomic E-state index is -3.25. The molecule has 2 aliphatic heterocycles. The number of carboxylic acids is 1. The quantitative estimate of drug-likeness (QED) is 0.136. The number of thioether (sulfide) groups is 1. The predicted octanol–water partition coefficient (Wildman–Crippen LogP) is -0.868. The van der Waals surface area contributed by atoms with Crippen molar-refractivity contribution in [2.24, 2.45) is 5.16 Å². The number of nitrogens with two attached hydrogens (primary N) is 1. The molecule has 4 rings (SSSR count). The number of carbonyl (C=O) groups is 3. The Kier molecular flexibility index (Phi) is 7.98. The molecule has 2 aliphatic rings. The van der Waals surface area contributed by atoms with Crippen LogP contribution in [0.4, 0.5) is 5.13 Å². The van der Waals surface area contributed by atoms with Crippen LogP contribution in [0.25, 0.3) is 0 Å². The van der Waals surface area contributed by atoms with Crippen LogP contribution in [0.5, 0.6) is 0 Å². The molecule has 0 bridgehead atoms. The van der Waals surface area contributed by atoms with Gasteiger partial charge in [-0.3, -0.25) is 14.5 Å². The van der Waals surface area contributed by atoms with E-state index in [0.717, 1.165) is 22.7 Å². The Balaban J connectivity index is 1.53. The number of aliphatic carboxylic acids is 1. The SMILES string of the molecule is CCON=C(C(=O)NC1C(=O)N2C(C(=O)O)=C(C[n+]3cccc(CS(C)(=O)=O)c3)CS[C@@H]12)c1nsc(N)n1. The van der Waals surface area contributed by atoms with Crippen LogP contribution in [0.2, 0.25) is 0 Å². The summed E-state index contributed by atoms with van der Waals surface area (Å²) >= 11 is 2.17. The topological polar surface area (TPSA) is 198 Å². The number of nitrogen functional groups attached to an aromatic ring is 1. The molecular weight excluding hydrogens is 558 g/mol. The third-order valence-corrected chi connectivity index (χ3v) is 8.15. The van der Waals surface area contributed by atoms with E-state index in [1.807, 2.05) is 0 Å². The van der Waals surface area contributed by atoms with Crippen molar-refractivity contribution >= 4 is 61.8 Å². The zero-order chi connectivity index (χ0) is 27.6. The smallest absolute Gasteiger partial charge is 0.352 e. The molecule has 1 saturated heterocycles. The summed E-state index contributed by atoms with van der Waals surface area (Å²) in [6, 6.07) is 2.34. The second-order valence-electron chi connectivity index (χ2n) is 8.39. The predicted molar refractivity (Wildman–Crippen MR) is 137 cm³/mol. The van der Waals surface area contributed by atoms with Crippen molar-refractivity contribution in [2.75, 3.05) is 24.3 Å². The number of oxime groups is 1. The number of nitrogens with zero attached hydrogens (tertiary/aromatic N) is 5. The number of carbonyl (C=O) groups excluding carboxylic acids is 2. The number of carboxylic acid groups (broad SMARTS) is 1. The summed E-state index contributed by atoms with van der Waals surface area (Å²) in [5.74, 6) is -2.57. The van der Waals surface area contributed by atoms with Gasteiger partial charge in [0.25, 0.3) is 11.8 Å². The van der Waals surface area contributed by atoms with Crippen LogP contribution in [0.1, 0.15) is 18.3 Å². The van der Waals surface area contributed by atoms with E-state index >= 15 is 0 Å². The summed E-state index contributed by atoms with van der Waals surface area (Å²) in [7, 11) is -3.25. The van der Waals surface area contributed by atoms with Gasteiger partial charge in [0.05, 0.1) is 5.75 Å². The van der Waals surface area contributed by atoms with Gasteiger partial charge in [-0.2, -0.15) is 9.36 Å². The number of pyridine rings is 1. The van der Waals surface area contributed by atoms with E-state index in [2.05, 4.69) is 19.8 Å². The number of rotatable bonds is 10. The maximum Gasteiger partial charge on any atom is 0.352 e. The van der Waals surface area contributed by atoms with Gasteiger partial charge < -0.3 is 21.0 Å². The first-order valence-corrected chi connectivity index (χ1v) is 15.0. The summed E-state index contributed by atoms with van der Waals surface area (Å²) in [6.45, 7) is 1.99. The number of β-lactam (4-membered cyclic amide) rings is 1. The van der Waals surface area contributed by atoms with E-state index in [1.165, 1.54) is 11.8 Å². The van der Waals surface area contributed by atoms with E-state index in [-0.39, 0.29) is 47.0 Å². The molecule has 0 spiro atoms. The van der Waals surface area contributed by atoms with Gasteiger partial charge in [0.1, 0.15) is 23.7 Å². The number of sulfone groups is 1. The molecule has 2 aromatic heterocycles. The molecule has 1 unspecified atom stereocenters. The Bertz CT molecular complexity index is 1450. The lowest BCUT2D eigenvalue weighted by Gasteiger charge is -2.49. The van der Waals surface area contributed by atoms with Crippen LogP contribution in [-0.4, -0.2) is 81.3 Å². The Labute approximate surface area is 225 Å². The molecule has 1 fully saturated rings. The maximum atomic E-state index is 13.0. The lowest BCUT2D eigenvalue weighted by atomic mass is 10.0. The summed E-state index contributed by atoms with van der Waals surface area (Å²) in [5, 5.41) is 15.7. The molecule has 0 aliphatic carbocycles. The Morgan fingerprint density at radius 1 is 1.42 bits per heavy atom. The van der Waals surface area contributed by atoms with Gasteiger partial charge in [-0.15, -0.1) is 11.8 Å². The number of hydrogen-bond donors (Lipinski definition) is 3. The van der Waals surface area contributed by atoms with Crippen LogP contribution in [0.3, 0.4) is 0 Å². The summed E-state index contributed by atoms with van der Waals surface area (Å²) in [6.07, 6.45) is 4.45. The van der Waals surface area contributed by atoms with Gasteiger partial charge in [0.2, 0.25) is 11.5 Å². The highest BCUT2D eigenvalue weighted by Gasteiger charge is 2.54. The molecule has 14 nitrogen and oxygen atoms in total. The number of aromatic nitrogens is 3. The van der Waals surface area contributed by atoms with Crippen LogP contribution in [-0.2, 0) is 41.4 Å². The lowest BCUT2D eigenvalue weighted by molar-refractivity contribution is -0.689. The number of nitrogens with one attached hydrogen (secondary N) is 1. The van der Waals surface area contributed by atoms with Crippen LogP contribution < -0.4 is 15.6 Å². The zero-order valence-corrected chi connectivity index (χ0v) is 22.7. The van der Waals surface area contributed by atoms with E-state index in [0.29, 0.717) is 11.1 Å². The minimum absolute atomic E-state index is 0.0538. The van der Waals surface area contributed by atoms with Crippen molar-refractivity contribution in [1.82, 2.24) is 19.6 Å². The fourth-order valence-electron chi connectivity index (χ4n) is 3.94. The Morgan fingerprint density at radius 3 is 2.82 bits per heavy atom. The van der Waals surface area contributed by atoms with Crippen molar-refractivity contribution in [3.8, 4) is 0 Å². The van der Waals surface area contributed by atoms with Gasteiger partial charge in [-0.05, 0) is 13.0 Å². The fourth-order valence-corrected chi connectivity index (χ4v) is 6.49. The van der Waals surface area contributed by atoms with Crippen LogP contribution in [0, 0.1) is 0 Å². The molecule has 0 saturated carbocycles. The number of anilines is 1. The van der Waals surface area contributed by atoms with Crippen LogP contribution in [0.15, 0.2) is 41.0 Å². The van der Waals surface area contributed by atoms with Crippen molar-refractivity contribution in [2.45, 2.75) is 30.6 Å². The molecule has 0 radical (unpaired) electrons. The molecule has 2 atom stereocenters. The van der Waals surface area contributed by atoms with Crippen molar-refractivity contribution < 1.29 is 37.3 Å². The van der Waals surface area contributed by atoms with E-state index < -0.39 is 39.0 Å². The van der Waals surface area contributed by atoms with Gasteiger partial charge in [0, 0.05) is 40.7 Å². The Hall–Kier alpha value is -3.57. The van der Waals surface area contributed by atoms with E-state index in [4.69, 9.17) is 10.6 Å². The molecular formula is C21H24N7O7S3+. The van der Waals surface area contributed by atoms with Gasteiger partial charge >= 0.3 is 5.97 Å². The highest BCUT2D eigenvalue weighted by atomic mass is 32.2.